The van der Waals surface area contributed by atoms with E-state index in [1.807, 2.05) is 13.0 Å². The predicted molar refractivity (Wildman–Crippen MR) is 76.1 cm³/mol. The molecule has 1 aliphatic rings. The Morgan fingerprint density at radius 3 is 2.76 bits per heavy atom. The number of anilines is 1. The van der Waals surface area contributed by atoms with Crippen molar-refractivity contribution >= 4 is 17.3 Å². The van der Waals surface area contributed by atoms with Crippen LogP contribution in [0.1, 0.15) is 27.7 Å². The summed E-state index contributed by atoms with van der Waals surface area (Å²) in [7, 11) is 0. The van der Waals surface area contributed by atoms with Crippen molar-refractivity contribution < 1.29 is 14.5 Å². The summed E-state index contributed by atoms with van der Waals surface area (Å²) in [4.78, 5) is 22.1. The Bertz CT molecular complexity index is 742. The molecule has 0 bridgehead atoms. The van der Waals surface area contributed by atoms with Crippen molar-refractivity contribution in [2.45, 2.75) is 13.2 Å². The third-order valence-corrected chi connectivity index (χ3v) is 3.41. The summed E-state index contributed by atoms with van der Waals surface area (Å²) in [5.74, 6) is -0.397. The molecule has 6 nitrogen and oxygen atoms in total. The lowest BCUT2D eigenvalue weighted by Crippen LogP contribution is -2.11. The first-order valence-electron chi connectivity index (χ1n) is 6.38. The lowest BCUT2D eigenvalue weighted by atomic mass is 10.1. The third kappa shape index (κ3) is 2.31. The van der Waals surface area contributed by atoms with Crippen molar-refractivity contribution in [3.8, 4) is 0 Å². The van der Waals surface area contributed by atoms with Gasteiger partial charge in [0.05, 0.1) is 10.5 Å². The summed E-state index contributed by atoms with van der Waals surface area (Å²) in [6.07, 6.45) is -0.630. The van der Waals surface area contributed by atoms with Gasteiger partial charge in [-0.25, -0.2) is 4.79 Å². The van der Waals surface area contributed by atoms with Gasteiger partial charge in [0, 0.05) is 23.4 Å². The maximum Gasteiger partial charge on any atom is 0.340 e. The molecule has 0 radical (unpaired) electrons. The number of hydrogen-bond donors (Lipinski definition) is 1. The lowest BCUT2D eigenvalue weighted by molar-refractivity contribution is -0.384. The molecule has 106 valence electrons. The number of carbonyl (C=O) groups excluding carboxylic acids is 1. The highest BCUT2D eigenvalue weighted by Gasteiger charge is 2.30. The monoisotopic (exact) mass is 284 g/mol. The topological polar surface area (TPSA) is 81.5 Å². The molecule has 0 aliphatic carbocycles. The number of esters is 1. The largest absolute Gasteiger partial charge is 0.434 e. The van der Waals surface area contributed by atoms with Crippen LogP contribution in [0.3, 0.4) is 0 Å². The molecule has 2 aromatic rings. The van der Waals surface area contributed by atoms with E-state index in [4.69, 9.17) is 4.74 Å². The Labute approximate surface area is 120 Å². The maximum atomic E-state index is 11.8. The predicted octanol–water partition coefficient (Wildman–Crippen LogP) is 3.18. The van der Waals surface area contributed by atoms with Gasteiger partial charge in [-0.05, 0) is 18.6 Å². The van der Waals surface area contributed by atoms with E-state index in [0.717, 1.165) is 11.1 Å². The number of rotatable bonds is 3. The van der Waals surface area contributed by atoms with E-state index < -0.39 is 17.1 Å². The van der Waals surface area contributed by atoms with E-state index in [-0.39, 0.29) is 5.69 Å². The van der Waals surface area contributed by atoms with Crippen LogP contribution in [0.5, 0.6) is 0 Å². The van der Waals surface area contributed by atoms with Crippen LogP contribution in [0.4, 0.5) is 11.4 Å². The number of nitro benzene ring substituents is 1. The van der Waals surface area contributed by atoms with Crippen LogP contribution in [0.2, 0.25) is 0 Å². The number of hydrogen-bond acceptors (Lipinski definition) is 5. The summed E-state index contributed by atoms with van der Waals surface area (Å²) < 4.78 is 5.27. The average Bonchev–Trinajstić information content (AvgIpc) is 2.78. The van der Waals surface area contributed by atoms with Crippen molar-refractivity contribution in [1.82, 2.24) is 0 Å². The highest BCUT2D eigenvalue weighted by molar-refractivity contribution is 5.94. The number of benzene rings is 2. The van der Waals surface area contributed by atoms with Crippen LogP contribution in [0.25, 0.3) is 0 Å². The van der Waals surface area contributed by atoms with Crippen molar-refractivity contribution in [3.63, 3.8) is 0 Å². The smallest absolute Gasteiger partial charge is 0.340 e. The van der Waals surface area contributed by atoms with Crippen molar-refractivity contribution in [1.29, 1.82) is 0 Å². The summed E-state index contributed by atoms with van der Waals surface area (Å²) in [5.41, 5.74) is 2.63. The fraction of sp³-hybridized carbons (Fsp3) is 0.133. The summed E-state index contributed by atoms with van der Waals surface area (Å²) in [6, 6.07) is 11.6. The second-order valence-corrected chi connectivity index (χ2v) is 4.77. The first kappa shape index (κ1) is 13.1. The minimum Gasteiger partial charge on any atom is -0.434 e. The minimum absolute atomic E-state index is 0.0132. The SMILES string of the molecule is Cc1ccc([N+](=O)[O-])cc1NC1OC(=O)c2ccccc21. The van der Waals surface area contributed by atoms with Gasteiger partial charge in [0.1, 0.15) is 0 Å². The van der Waals surface area contributed by atoms with Gasteiger partial charge in [0.15, 0.2) is 0 Å². The van der Waals surface area contributed by atoms with E-state index in [1.54, 1.807) is 24.3 Å². The fourth-order valence-corrected chi connectivity index (χ4v) is 2.27. The molecule has 1 unspecified atom stereocenters. The van der Waals surface area contributed by atoms with E-state index in [0.29, 0.717) is 11.3 Å². The van der Waals surface area contributed by atoms with Gasteiger partial charge in [-0.2, -0.15) is 0 Å². The zero-order valence-corrected chi connectivity index (χ0v) is 11.2. The highest BCUT2D eigenvalue weighted by Crippen LogP contribution is 2.33. The van der Waals surface area contributed by atoms with Gasteiger partial charge in [-0.15, -0.1) is 0 Å². The van der Waals surface area contributed by atoms with Gasteiger partial charge >= 0.3 is 5.97 Å². The number of fused-ring (bicyclic) bond motifs is 1. The van der Waals surface area contributed by atoms with Crippen molar-refractivity contribution in [2.24, 2.45) is 0 Å². The van der Waals surface area contributed by atoms with Gasteiger partial charge in [-0.3, -0.25) is 10.1 Å². The molecular formula is C15H12N2O4. The van der Waals surface area contributed by atoms with E-state index >= 15 is 0 Å². The second-order valence-electron chi connectivity index (χ2n) is 4.77. The Kier molecular flexibility index (Phi) is 3.06. The van der Waals surface area contributed by atoms with Crippen LogP contribution in [0.15, 0.2) is 42.5 Å². The molecule has 0 aromatic heterocycles. The Morgan fingerprint density at radius 1 is 1.24 bits per heavy atom. The molecule has 1 N–H and O–H groups in total. The Morgan fingerprint density at radius 2 is 2.00 bits per heavy atom. The van der Waals surface area contributed by atoms with Gasteiger partial charge in [-0.1, -0.05) is 24.3 Å². The molecule has 1 heterocycles. The number of nitro groups is 1. The summed E-state index contributed by atoms with van der Waals surface area (Å²) in [6.45, 7) is 1.83. The van der Waals surface area contributed by atoms with Crippen LogP contribution in [-0.2, 0) is 4.74 Å². The van der Waals surface area contributed by atoms with Crippen LogP contribution in [-0.4, -0.2) is 10.9 Å². The number of ether oxygens (including phenoxy) is 1. The molecule has 2 aromatic carbocycles. The molecule has 0 spiro atoms. The molecule has 1 atom stereocenters. The molecule has 1 aliphatic heterocycles. The molecule has 3 rings (SSSR count). The number of non-ortho nitro benzene ring substituents is 1. The fourth-order valence-electron chi connectivity index (χ4n) is 2.27. The summed E-state index contributed by atoms with van der Waals surface area (Å²) in [5, 5.41) is 13.9. The van der Waals surface area contributed by atoms with Crippen molar-refractivity contribution in [2.75, 3.05) is 5.32 Å². The second kappa shape index (κ2) is 4.90. The number of carbonyl (C=O) groups is 1. The molecular weight excluding hydrogens is 272 g/mol. The Hall–Kier alpha value is -2.89. The van der Waals surface area contributed by atoms with Gasteiger partial charge < -0.3 is 10.1 Å². The lowest BCUT2D eigenvalue weighted by Gasteiger charge is -2.16. The first-order chi connectivity index (χ1) is 10.1. The van der Waals surface area contributed by atoms with Gasteiger partial charge in [0.25, 0.3) is 5.69 Å². The van der Waals surface area contributed by atoms with E-state index in [9.17, 15) is 14.9 Å². The first-order valence-corrected chi connectivity index (χ1v) is 6.38. The number of cyclic esters (lactones) is 1. The number of nitrogens with zero attached hydrogens (tertiary/aromatic N) is 1. The van der Waals surface area contributed by atoms with Gasteiger partial charge in [0.2, 0.25) is 6.23 Å². The molecule has 6 heteroatoms. The zero-order valence-electron chi connectivity index (χ0n) is 11.2. The molecule has 0 saturated carbocycles. The van der Waals surface area contributed by atoms with Crippen LogP contribution in [0, 0.1) is 17.0 Å². The maximum absolute atomic E-state index is 11.8. The Balaban J connectivity index is 1.93. The number of aryl methyl sites for hydroxylation is 1. The highest BCUT2D eigenvalue weighted by atomic mass is 16.6. The molecule has 0 fully saturated rings. The number of nitrogens with one attached hydrogen (secondary N) is 1. The van der Waals surface area contributed by atoms with Crippen LogP contribution >= 0.6 is 0 Å². The zero-order chi connectivity index (χ0) is 15.0. The normalized spacial score (nSPS) is 16.2. The standard InChI is InChI=1S/C15H12N2O4/c1-9-6-7-10(17(19)20)8-13(9)16-14-11-4-2-3-5-12(11)15(18)21-14/h2-8,14,16H,1H3. The molecule has 21 heavy (non-hydrogen) atoms. The summed E-state index contributed by atoms with van der Waals surface area (Å²) >= 11 is 0. The minimum atomic E-state index is -0.630. The third-order valence-electron chi connectivity index (χ3n) is 3.41. The van der Waals surface area contributed by atoms with E-state index in [2.05, 4.69) is 5.32 Å². The molecule has 0 saturated heterocycles. The average molecular weight is 284 g/mol. The van der Waals surface area contributed by atoms with Crippen molar-refractivity contribution in [3.05, 3.63) is 69.3 Å². The quantitative estimate of drug-likeness (QED) is 0.532. The molecule has 0 amide bonds. The van der Waals surface area contributed by atoms with E-state index in [1.165, 1.54) is 12.1 Å². The van der Waals surface area contributed by atoms with Crippen LogP contribution < -0.4 is 5.32 Å².